The summed E-state index contributed by atoms with van der Waals surface area (Å²) in [5.41, 5.74) is 2.76. The summed E-state index contributed by atoms with van der Waals surface area (Å²) in [6.07, 6.45) is 0.601. The van der Waals surface area contributed by atoms with Crippen LogP contribution >= 0.6 is 32.9 Å². The van der Waals surface area contributed by atoms with Crippen molar-refractivity contribution in [1.82, 2.24) is 0 Å². The number of carbonyl (C=O) groups excluding carboxylic acids is 1. The largest absolute Gasteiger partial charge is 0.322 e. The predicted octanol–water partition coefficient (Wildman–Crippen LogP) is 4.25. The van der Waals surface area contributed by atoms with Gasteiger partial charge in [-0.15, -0.1) is 17.0 Å². The van der Waals surface area contributed by atoms with Crippen LogP contribution in [0.5, 0.6) is 0 Å². The molecule has 2 aromatic rings. The number of halogens is 2. The second-order valence-corrected chi connectivity index (χ2v) is 5.68. The molecule has 21 heavy (non-hydrogen) atoms. The lowest BCUT2D eigenvalue weighted by Crippen LogP contribution is -2.32. The molecule has 0 fully saturated rings. The van der Waals surface area contributed by atoms with Gasteiger partial charge >= 0.3 is 0 Å². The van der Waals surface area contributed by atoms with Gasteiger partial charge in [-0.25, -0.2) is 0 Å². The van der Waals surface area contributed by atoms with Crippen LogP contribution in [-0.4, -0.2) is 18.2 Å². The fourth-order valence-corrected chi connectivity index (χ4v) is 2.66. The van der Waals surface area contributed by atoms with Crippen molar-refractivity contribution < 1.29 is 4.79 Å². The van der Waals surface area contributed by atoms with Crippen LogP contribution in [0.15, 0.2) is 53.0 Å². The quantitative estimate of drug-likeness (QED) is 0.770. The number of benzene rings is 2. The van der Waals surface area contributed by atoms with Crippen LogP contribution in [-0.2, 0) is 6.42 Å². The molecule has 0 aliphatic carbocycles. The molecule has 3 rings (SSSR count). The van der Waals surface area contributed by atoms with E-state index in [4.69, 9.17) is 5.41 Å². The first-order valence-corrected chi connectivity index (χ1v) is 7.16. The SMILES string of the molecule is Br.N=C1Cc2ccccc2N1CC(=O)c1ccc(Br)cc1. The van der Waals surface area contributed by atoms with Gasteiger partial charge in [0.15, 0.2) is 5.78 Å². The molecule has 1 aliphatic rings. The zero-order valence-corrected chi connectivity index (χ0v) is 14.5. The molecule has 2 aromatic carbocycles. The first-order valence-electron chi connectivity index (χ1n) is 6.37. The highest BCUT2D eigenvalue weighted by atomic mass is 79.9. The van der Waals surface area contributed by atoms with Gasteiger partial charge in [0.05, 0.1) is 6.54 Å². The van der Waals surface area contributed by atoms with E-state index in [1.54, 1.807) is 17.0 Å². The highest BCUT2D eigenvalue weighted by Gasteiger charge is 2.25. The fourth-order valence-electron chi connectivity index (χ4n) is 2.40. The maximum absolute atomic E-state index is 12.3. The van der Waals surface area contributed by atoms with E-state index >= 15 is 0 Å². The monoisotopic (exact) mass is 408 g/mol. The van der Waals surface area contributed by atoms with Crippen molar-refractivity contribution in [1.29, 1.82) is 5.41 Å². The molecule has 1 heterocycles. The number of nitrogens with one attached hydrogen (secondary N) is 1. The molecule has 0 spiro atoms. The van der Waals surface area contributed by atoms with Crippen molar-refractivity contribution in [3.05, 3.63) is 64.1 Å². The molecule has 0 radical (unpaired) electrons. The van der Waals surface area contributed by atoms with E-state index in [1.165, 1.54) is 0 Å². The molecule has 5 heteroatoms. The number of ketones is 1. The zero-order valence-electron chi connectivity index (χ0n) is 11.2. The Bertz CT molecular complexity index is 683. The van der Waals surface area contributed by atoms with Gasteiger partial charge in [-0.3, -0.25) is 10.2 Å². The summed E-state index contributed by atoms with van der Waals surface area (Å²) < 4.78 is 0.952. The Kier molecular flexibility index (Phi) is 4.96. The number of Topliss-reactive ketones (excluding diaryl/α,β-unsaturated/α-hetero) is 1. The summed E-state index contributed by atoms with van der Waals surface area (Å²) >= 11 is 3.36. The Morgan fingerprint density at radius 2 is 1.81 bits per heavy atom. The van der Waals surface area contributed by atoms with Gasteiger partial charge in [0.1, 0.15) is 5.84 Å². The van der Waals surface area contributed by atoms with E-state index in [0.29, 0.717) is 17.8 Å². The molecule has 0 bridgehead atoms. The molecule has 0 aromatic heterocycles. The lowest BCUT2D eigenvalue weighted by atomic mass is 10.1. The average molecular weight is 410 g/mol. The Morgan fingerprint density at radius 1 is 1.14 bits per heavy atom. The average Bonchev–Trinajstić information content (AvgIpc) is 2.76. The number of hydrogen-bond donors (Lipinski definition) is 1. The van der Waals surface area contributed by atoms with E-state index in [0.717, 1.165) is 15.7 Å². The third-order valence-electron chi connectivity index (χ3n) is 3.43. The van der Waals surface area contributed by atoms with Crippen LogP contribution < -0.4 is 4.90 Å². The minimum Gasteiger partial charge on any atom is -0.322 e. The minimum atomic E-state index is 0. The standard InChI is InChI=1S/C16H13BrN2O.BrH/c17-13-7-5-11(6-8-13)15(20)10-19-14-4-2-1-3-12(14)9-16(19)18;/h1-8,18H,9-10H2;1H. The normalized spacial score (nSPS) is 12.8. The third kappa shape index (κ3) is 3.24. The van der Waals surface area contributed by atoms with Crippen molar-refractivity contribution in [2.75, 3.05) is 11.4 Å². The summed E-state index contributed by atoms with van der Waals surface area (Å²) in [5.74, 6) is 0.510. The van der Waals surface area contributed by atoms with Gasteiger partial charge in [0.25, 0.3) is 0 Å². The van der Waals surface area contributed by atoms with Crippen molar-refractivity contribution in [3.8, 4) is 0 Å². The van der Waals surface area contributed by atoms with Crippen LogP contribution in [0.4, 0.5) is 5.69 Å². The Morgan fingerprint density at radius 3 is 2.52 bits per heavy atom. The zero-order chi connectivity index (χ0) is 14.1. The number of rotatable bonds is 3. The van der Waals surface area contributed by atoms with Crippen molar-refractivity contribution in [3.63, 3.8) is 0 Å². The van der Waals surface area contributed by atoms with Crippen molar-refractivity contribution in [2.24, 2.45) is 0 Å². The molecular formula is C16H14Br2N2O. The number of anilines is 1. The minimum absolute atomic E-state index is 0. The number of amidine groups is 1. The number of para-hydroxylation sites is 1. The Balaban J connectivity index is 0.00000161. The molecule has 0 atom stereocenters. The molecular weight excluding hydrogens is 396 g/mol. The molecule has 1 N–H and O–H groups in total. The molecule has 0 saturated carbocycles. The van der Waals surface area contributed by atoms with Gasteiger partial charge < -0.3 is 4.90 Å². The molecule has 0 saturated heterocycles. The molecule has 0 amide bonds. The smallest absolute Gasteiger partial charge is 0.182 e. The van der Waals surface area contributed by atoms with Crippen molar-refractivity contribution >= 4 is 50.2 Å². The lowest BCUT2D eigenvalue weighted by Gasteiger charge is -2.18. The van der Waals surface area contributed by atoms with Crippen LogP contribution in [0.2, 0.25) is 0 Å². The van der Waals surface area contributed by atoms with Crippen molar-refractivity contribution in [2.45, 2.75) is 6.42 Å². The summed E-state index contributed by atoms with van der Waals surface area (Å²) in [6.45, 7) is 0.220. The van der Waals surface area contributed by atoms with Gasteiger partial charge in [0.2, 0.25) is 0 Å². The maximum Gasteiger partial charge on any atom is 0.182 e. The second-order valence-electron chi connectivity index (χ2n) is 4.77. The highest BCUT2D eigenvalue weighted by Crippen LogP contribution is 2.28. The van der Waals surface area contributed by atoms with E-state index in [2.05, 4.69) is 15.9 Å². The number of carbonyl (C=O) groups is 1. The number of fused-ring (bicyclic) bond motifs is 1. The first-order chi connectivity index (χ1) is 9.65. The topological polar surface area (TPSA) is 44.2 Å². The Labute approximate surface area is 142 Å². The van der Waals surface area contributed by atoms with E-state index in [-0.39, 0.29) is 29.3 Å². The molecule has 1 aliphatic heterocycles. The molecule has 3 nitrogen and oxygen atoms in total. The summed E-state index contributed by atoms with van der Waals surface area (Å²) in [6, 6.07) is 15.2. The highest BCUT2D eigenvalue weighted by molar-refractivity contribution is 9.10. The summed E-state index contributed by atoms with van der Waals surface area (Å²) in [5, 5.41) is 8.05. The number of hydrogen-bond acceptors (Lipinski definition) is 2. The van der Waals surface area contributed by atoms with Crippen LogP contribution in [0.3, 0.4) is 0 Å². The van der Waals surface area contributed by atoms with Gasteiger partial charge in [-0.2, -0.15) is 0 Å². The van der Waals surface area contributed by atoms with Gasteiger partial charge in [0, 0.05) is 22.1 Å². The molecule has 108 valence electrons. The van der Waals surface area contributed by atoms with Crippen LogP contribution in [0.1, 0.15) is 15.9 Å². The van der Waals surface area contributed by atoms with Gasteiger partial charge in [-0.05, 0) is 23.8 Å². The fraction of sp³-hybridized carbons (Fsp3) is 0.125. The van der Waals surface area contributed by atoms with E-state index in [9.17, 15) is 4.79 Å². The Hall–Kier alpha value is -1.46. The van der Waals surface area contributed by atoms with Crippen LogP contribution in [0.25, 0.3) is 0 Å². The maximum atomic E-state index is 12.3. The number of nitrogens with zero attached hydrogens (tertiary/aromatic N) is 1. The third-order valence-corrected chi connectivity index (χ3v) is 3.96. The molecule has 0 unspecified atom stereocenters. The van der Waals surface area contributed by atoms with E-state index in [1.807, 2.05) is 36.4 Å². The second kappa shape index (κ2) is 6.54. The lowest BCUT2D eigenvalue weighted by molar-refractivity contribution is 0.100. The van der Waals surface area contributed by atoms with Gasteiger partial charge in [-0.1, -0.05) is 46.3 Å². The summed E-state index contributed by atoms with van der Waals surface area (Å²) in [7, 11) is 0. The van der Waals surface area contributed by atoms with E-state index < -0.39 is 0 Å². The predicted molar refractivity (Wildman–Crippen MR) is 94.0 cm³/mol. The first kappa shape index (κ1) is 15.9. The summed E-state index contributed by atoms with van der Waals surface area (Å²) in [4.78, 5) is 14.1. The van der Waals surface area contributed by atoms with Crippen LogP contribution in [0, 0.1) is 5.41 Å².